The molecule has 0 fully saturated rings. The maximum absolute atomic E-state index is 13.3. The molecule has 0 saturated carbocycles. The lowest BCUT2D eigenvalue weighted by atomic mass is 10.0. The van der Waals surface area contributed by atoms with Crippen LogP contribution in [0.15, 0.2) is 39.5 Å². The van der Waals surface area contributed by atoms with Gasteiger partial charge in [0.1, 0.15) is 22.5 Å². The fourth-order valence-electron chi connectivity index (χ4n) is 7.14. The van der Waals surface area contributed by atoms with E-state index >= 15 is 0 Å². The summed E-state index contributed by atoms with van der Waals surface area (Å²) in [6.07, 6.45) is 35.6. The van der Waals surface area contributed by atoms with Gasteiger partial charge in [0.2, 0.25) is 11.2 Å². The molecule has 0 atom stereocenters. The molecule has 0 unspecified atom stereocenters. The Balaban J connectivity index is 1.18. The van der Waals surface area contributed by atoms with E-state index in [0.717, 1.165) is 31.4 Å². The summed E-state index contributed by atoms with van der Waals surface area (Å²) in [6, 6.07) is 5.93. The highest BCUT2D eigenvalue weighted by Crippen LogP contribution is 2.38. The minimum atomic E-state index is -0.792. The van der Waals surface area contributed by atoms with Crippen LogP contribution < -0.4 is 10.2 Å². The van der Waals surface area contributed by atoms with Gasteiger partial charge in [-0.3, -0.25) is 9.59 Å². The number of phenols is 4. The summed E-state index contributed by atoms with van der Waals surface area (Å²) in [5.41, 5.74) is -0.749. The number of unbranched alkanes of at least 4 members (excludes halogenated alkanes) is 26. The summed E-state index contributed by atoms with van der Waals surface area (Å²) in [6.45, 7) is 2.28. The number of aromatic hydroxyl groups is 4. The zero-order valence-electron chi connectivity index (χ0n) is 32.6. The van der Waals surface area contributed by atoms with Gasteiger partial charge in [-0.05, 0) is 24.6 Å². The van der Waals surface area contributed by atoms with E-state index < -0.39 is 28.6 Å². The first-order valence-electron chi connectivity index (χ1n) is 21.1. The van der Waals surface area contributed by atoms with Crippen molar-refractivity contribution in [3.8, 4) is 40.1 Å². The Bertz CT molecular complexity index is 1530. The summed E-state index contributed by atoms with van der Waals surface area (Å²) in [5.74, 6) is -2.88. The van der Waals surface area contributed by atoms with Gasteiger partial charge in [0, 0.05) is 24.1 Å². The number of hydrogen-bond donors (Lipinski definition) is 4. The molecular weight excluding hydrogens is 668 g/mol. The quantitative estimate of drug-likeness (QED) is 0.0301. The van der Waals surface area contributed by atoms with Crippen molar-refractivity contribution in [1.29, 1.82) is 0 Å². The normalized spacial score (nSPS) is 11.4. The highest BCUT2D eigenvalue weighted by molar-refractivity contribution is 5.89. The first kappa shape index (κ1) is 43.7. The summed E-state index contributed by atoms with van der Waals surface area (Å²) >= 11 is 0. The van der Waals surface area contributed by atoms with Gasteiger partial charge in [-0.25, -0.2) is 0 Å². The molecule has 8 heteroatoms. The number of esters is 1. The van der Waals surface area contributed by atoms with Crippen LogP contribution in [0.25, 0.3) is 22.3 Å². The molecule has 1 heterocycles. The smallest absolute Gasteiger partial charge is 0.311 e. The van der Waals surface area contributed by atoms with Crippen LogP contribution in [0.5, 0.6) is 28.7 Å². The van der Waals surface area contributed by atoms with E-state index in [9.17, 15) is 30.0 Å². The average Bonchev–Trinajstić information content (AvgIpc) is 3.13. The third-order valence-electron chi connectivity index (χ3n) is 10.4. The minimum Gasteiger partial charge on any atom is -0.508 e. The maximum atomic E-state index is 13.3. The third-order valence-corrected chi connectivity index (χ3v) is 10.4. The largest absolute Gasteiger partial charge is 0.508 e. The molecule has 296 valence electrons. The van der Waals surface area contributed by atoms with E-state index in [0.29, 0.717) is 6.42 Å². The van der Waals surface area contributed by atoms with E-state index in [1.807, 2.05) is 0 Å². The van der Waals surface area contributed by atoms with Gasteiger partial charge < -0.3 is 29.6 Å². The molecule has 0 aliphatic rings. The zero-order valence-corrected chi connectivity index (χ0v) is 32.6. The number of rotatable bonds is 30. The van der Waals surface area contributed by atoms with E-state index in [1.54, 1.807) is 0 Å². The van der Waals surface area contributed by atoms with Crippen LogP contribution in [0, 0.1) is 0 Å². The molecule has 2 aromatic carbocycles. The van der Waals surface area contributed by atoms with Crippen molar-refractivity contribution in [3.63, 3.8) is 0 Å². The van der Waals surface area contributed by atoms with Crippen molar-refractivity contribution in [3.05, 3.63) is 40.6 Å². The van der Waals surface area contributed by atoms with Crippen molar-refractivity contribution in [2.75, 3.05) is 0 Å². The monoisotopic (exact) mass is 736 g/mol. The van der Waals surface area contributed by atoms with Gasteiger partial charge in [-0.1, -0.05) is 174 Å². The lowest BCUT2D eigenvalue weighted by Gasteiger charge is -2.12. The fourth-order valence-corrected chi connectivity index (χ4v) is 7.14. The molecule has 0 bridgehead atoms. The van der Waals surface area contributed by atoms with Gasteiger partial charge in [0.25, 0.3) is 0 Å². The molecule has 0 aliphatic carbocycles. The average molecular weight is 737 g/mol. The molecule has 0 aliphatic heterocycles. The summed E-state index contributed by atoms with van der Waals surface area (Å²) < 4.78 is 11.3. The summed E-state index contributed by atoms with van der Waals surface area (Å²) in [7, 11) is 0. The van der Waals surface area contributed by atoms with Crippen molar-refractivity contribution in [1.82, 2.24) is 0 Å². The van der Waals surface area contributed by atoms with Crippen molar-refractivity contribution >= 4 is 16.9 Å². The summed E-state index contributed by atoms with van der Waals surface area (Å²) in [4.78, 5) is 26.1. The van der Waals surface area contributed by atoms with Crippen LogP contribution in [0.4, 0.5) is 0 Å². The summed E-state index contributed by atoms with van der Waals surface area (Å²) in [5, 5.41) is 39.7. The maximum Gasteiger partial charge on any atom is 0.311 e. The molecule has 4 N–H and O–H groups in total. The first-order chi connectivity index (χ1) is 25.8. The number of phenolic OH excluding ortho intramolecular Hbond substituents is 4. The van der Waals surface area contributed by atoms with Gasteiger partial charge in [0.15, 0.2) is 17.3 Å². The van der Waals surface area contributed by atoms with E-state index in [1.165, 1.54) is 166 Å². The Labute approximate surface area is 318 Å². The van der Waals surface area contributed by atoms with E-state index in [2.05, 4.69) is 6.92 Å². The second kappa shape index (κ2) is 26.2. The standard InChI is InChI=1S/C45H68O8/c1-2-3-4-5-6-7-8-9-10-11-12-13-14-15-16-17-18-19-20-21-22-23-24-25-26-27-28-29-41(50)53-45-43(51)42-39(49)33-36(46)34-40(42)52-44(45)35-30-31-37(47)38(48)32-35/h30-34,46-49H,2-29H2,1H3. The second-order valence-electron chi connectivity index (χ2n) is 15.0. The van der Waals surface area contributed by atoms with Crippen molar-refractivity contribution in [2.45, 2.75) is 187 Å². The Morgan fingerprint density at radius 2 is 0.981 bits per heavy atom. The predicted molar refractivity (Wildman–Crippen MR) is 215 cm³/mol. The van der Waals surface area contributed by atoms with Crippen LogP contribution in [0.2, 0.25) is 0 Å². The van der Waals surface area contributed by atoms with Gasteiger partial charge in [0.05, 0.1) is 0 Å². The molecule has 3 rings (SSSR count). The highest BCUT2D eigenvalue weighted by atomic mass is 16.5. The van der Waals surface area contributed by atoms with Crippen LogP contribution in [-0.2, 0) is 4.79 Å². The van der Waals surface area contributed by atoms with Crippen LogP contribution in [0.3, 0.4) is 0 Å². The Morgan fingerprint density at radius 1 is 0.547 bits per heavy atom. The number of benzene rings is 2. The molecular formula is C45H68O8. The highest BCUT2D eigenvalue weighted by Gasteiger charge is 2.23. The molecule has 8 nitrogen and oxygen atoms in total. The molecule has 0 amide bonds. The Hall–Kier alpha value is -3.68. The van der Waals surface area contributed by atoms with Crippen LogP contribution in [0.1, 0.15) is 187 Å². The lowest BCUT2D eigenvalue weighted by Crippen LogP contribution is -2.16. The molecule has 3 aromatic rings. The van der Waals surface area contributed by atoms with Crippen molar-refractivity contribution in [2.24, 2.45) is 0 Å². The predicted octanol–water partition coefficient (Wildman–Crippen LogP) is 13.1. The molecule has 0 spiro atoms. The second-order valence-corrected chi connectivity index (χ2v) is 15.0. The Morgan fingerprint density at radius 3 is 1.42 bits per heavy atom. The Kier molecular flexibility index (Phi) is 21.6. The first-order valence-corrected chi connectivity index (χ1v) is 21.1. The topological polar surface area (TPSA) is 137 Å². The van der Waals surface area contributed by atoms with Crippen LogP contribution >= 0.6 is 0 Å². The molecule has 1 aromatic heterocycles. The number of carbonyl (C=O) groups excluding carboxylic acids is 1. The fraction of sp³-hybridized carbons (Fsp3) is 0.644. The lowest BCUT2D eigenvalue weighted by molar-refractivity contribution is -0.134. The molecule has 0 saturated heterocycles. The van der Waals surface area contributed by atoms with Gasteiger partial charge >= 0.3 is 5.97 Å². The SMILES string of the molecule is CCCCCCCCCCCCCCCCCCCCCCCCCCCCCC(=O)Oc1c(-c2ccc(O)c(O)c2)oc2cc(O)cc(O)c2c1=O. The van der Waals surface area contributed by atoms with Gasteiger partial charge in [-0.15, -0.1) is 0 Å². The number of carbonyl (C=O) groups is 1. The van der Waals surface area contributed by atoms with E-state index in [4.69, 9.17) is 9.15 Å². The number of ether oxygens (including phenoxy) is 1. The van der Waals surface area contributed by atoms with Crippen LogP contribution in [-0.4, -0.2) is 26.4 Å². The third kappa shape index (κ3) is 16.9. The number of fused-ring (bicyclic) bond motifs is 1. The minimum absolute atomic E-state index is 0.110. The van der Waals surface area contributed by atoms with Crippen molar-refractivity contribution < 1.29 is 34.4 Å². The molecule has 53 heavy (non-hydrogen) atoms. The molecule has 0 radical (unpaired) electrons. The van der Waals surface area contributed by atoms with E-state index in [-0.39, 0.29) is 40.2 Å². The van der Waals surface area contributed by atoms with Gasteiger partial charge in [-0.2, -0.15) is 0 Å². The number of hydrogen-bond acceptors (Lipinski definition) is 8. The zero-order chi connectivity index (χ0) is 38.1.